The Morgan fingerprint density at radius 1 is 1.09 bits per heavy atom. The molecule has 0 spiro atoms. The number of amides is 2. The van der Waals surface area contributed by atoms with Gasteiger partial charge in [-0.1, -0.05) is 29.8 Å². The monoisotopic (exact) mass is 478 g/mol. The first-order valence-electron chi connectivity index (χ1n) is 10.5. The fourth-order valence-electron chi connectivity index (χ4n) is 3.58. The minimum Gasteiger partial charge on any atom is -0.493 e. The standard InChI is InChI=1S/C26H23ClN2O5/c1-32-23-9-6-17(13-24(23)33-2)7-11-25(30)28-20-8-10-22-21(14-20)29(26(31)16-34-22)15-18-4-3-5-19(27)12-18/h3-14H,15-16H2,1-2H3,(H,28,30)/b11-7+. The highest BCUT2D eigenvalue weighted by molar-refractivity contribution is 6.30. The number of hydrogen-bond donors (Lipinski definition) is 1. The third-order valence-corrected chi connectivity index (χ3v) is 5.47. The first-order chi connectivity index (χ1) is 16.5. The van der Waals surface area contributed by atoms with Crippen LogP contribution in [0.4, 0.5) is 11.4 Å². The van der Waals surface area contributed by atoms with Crippen LogP contribution in [0.1, 0.15) is 11.1 Å². The summed E-state index contributed by atoms with van der Waals surface area (Å²) < 4.78 is 16.1. The van der Waals surface area contributed by atoms with Crippen LogP contribution in [0.15, 0.2) is 66.7 Å². The summed E-state index contributed by atoms with van der Waals surface area (Å²) in [6.45, 7) is 0.291. The van der Waals surface area contributed by atoms with E-state index >= 15 is 0 Å². The van der Waals surface area contributed by atoms with Gasteiger partial charge in [-0.2, -0.15) is 0 Å². The lowest BCUT2D eigenvalue weighted by atomic mass is 10.1. The number of halogens is 1. The van der Waals surface area contributed by atoms with Crippen LogP contribution in [0.25, 0.3) is 6.08 Å². The number of hydrogen-bond acceptors (Lipinski definition) is 5. The molecule has 7 nitrogen and oxygen atoms in total. The van der Waals surface area contributed by atoms with Crippen molar-refractivity contribution in [3.63, 3.8) is 0 Å². The van der Waals surface area contributed by atoms with Gasteiger partial charge in [-0.25, -0.2) is 0 Å². The van der Waals surface area contributed by atoms with Gasteiger partial charge in [0.15, 0.2) is 18.1 Å². The molecule has 0 bridgehead atoms. The largest absolute Gasteiger partial charge is 0.493 e. The van der Waals surface area contributed by atoms with Crippen LogP contribution in [-0.4, -0.2) is 32.6 Å². The molecule has 0 unspecified atom stereocenters. The number of carbonyl (C=O) groups is 2. The maximum absolute atomic E-state index is 12.6. The summed E-state index contributed by atoms with van der Waals surface area (Å²) in [5, 5.41) is 3.42. The van der Waals surface area contributed by atoms with Gasteiger partial charge in [0.25, 0.3) is 5.91 Å². The maximum Gasteiger partial charge on any atom is 0.265 e. The molecule has 34 heavy (non-hydrogen) atoms. The predicted octanol–water partition coefficient (Wildman–Crippen LogP) is 4.93. The average molecular weight is 479 g/mol. The summed E-state index contributed by atoms with van der Waals surface area (Å²) in [5.41, 5.74) is 2.79. The zero-order chi connectivity index (χ0) is 24.1. The van der Waals surface area contributed by atoms with Crippen molar-refractivity contribution < 1.29 is 23.8 Å². The molecule has 1 aliphatic heterocycles. The minimum absolute atomic E-state index is 0.0483. The maximum atomic E-state index is 12.6. The fourth-order valence-corrected chi connectivity index (χ4v) is 3.80. The molecule has 2 amide bonds. The molecule has 3 aromatic rings. The van der Waals surface area contributed by atoms with Crippen LogP contribution in [-0.2, 0) is 16.1 Å². The van der Waals surface area contributed by atoms with E-state index in [1.165, 1.54) is 6.08 Å². The normalized spacial score (nSPS) is 12.8. The van der Waals surface area contributed by atoms with Gasteiger partial charge in [-0.3, -0.25) is 9.59 Å². The molecular formula is C26H23ClN2O5. The second-order valence-electron chi connectivity index (χ2n) is 7.52. The zero-order valence-electron chi connectivity index (χ0n) is 18.7. The van der Waals surface area contributed by atoms with Crippen molar-refractivity contribution in [3.05, 3.63) is 82.9 Å². The van der Waals surface area contributed by atoms with Crippen molar-refractivity contribution in [2.45, 2.75) is 6.54 Å². The molecule has 4 rings (SSSR count). The number of benzene rings is 3. The molecule has 0 saturated heterocycles. The average Bonchev–Trinajstić information content (AvgIpc) is 2.84. The molecule has 1 aliphatic rings. The molecule has 0 saturated carbocycles. The molecule has 174 valence electrons. The van der Waals surface area contributed by atoms with Gasteiger partial charge in [-0.05, 0) is 59.7 Å². The molecule has 0 aliphatic carbocycles. The zero-order valence-corrected chi connectivity index (χ0v) is 19.5. The van der Waals surface area contributed by atoms with E-state index < -0.39 is 0 Å². The molecule has 0 radical (unpaired) electrons. The van der Waals surface area contributed by atoms with E-state index in [0.29, 0.717) is 40.2 Å². The van der Waals surface area contributed by atoms with Crippen LogP contribution in [0.2, 0.25) is 5.02 Å². The molecule has 0 fully saturated rings. The van der Waals surface area contributed by atoms with Crippen LogP contribution in [0, 0.1) is 0 Å². The highest BCUT2D eigenvalue weighted by Crippen LogP contribution is 2.36. The number of carbonyl (C=O) groups excluding carboxylic acids is 2. The van der Waals surface area contributed by atoms with Crippen molar-refractivity contribution in [2.75, 3.05) is 31.0 Å². The topological polar surface area (TPSA) is 77.1 Å². The third kappa shape index (κ3) is 5.32. The minimum atomic E-state index is -0.320. The molecule has 3 aromatic carbocycles. The van der Waals surface area contributed by atoms with E-state index in [1.807, 2.05) is 24.3 Å². The van der Waals surface area contributed by atoms with Crippen molar-refractivity contribution in [1.29, 1.82) is 0 Å². The summed E-state index contributed by atoms with van der Waals surface area (Å²) in [6, 6.07) is 17.9. The number of fused-ring (bicyclic) bond motifs is 1. The number of ether oxygens (including phenoxy) is 3. The number of nitrogens with zero attached hydrogens (tertiary/aromatic N) is 1. The van der Waals surface area contributed by atoms with Gasteiger partial charge in [0.2, 0.25) is 5.91 Å². The summed E-state index contributed by atoms with van der Waals surface area (Å²) >= 11 is 6.09. The van der Waals surface area contributed by atoms with E-state index in [4.69, 9.17) is 25.8 Å². The van der Waals surface area contributed by atoms with E-state index in [0.717, 1.165) is 11.1 Å². The summed E-state index contributed by atoms with van der Waals surface area (Å²) in [5.74, 6) is 1.26. The molecule has 1 N–H and O–H groups in total. The van der Waals surface area contributed by atoms with Crippen molar-refractivity contribution in [3.8, 4) is 17.2 Å². The van der Waals surface area contributed by atoms with Gasteiger partial charge < -0.3 is 24.4 Å². The Labute approximate surface area is 202 Å². The van der Waals surface area contributed by atoms with Gasteiger partial charge in [0.1, 0.15) is 5.75 Å². The van der Waals surface area contributed by atoms with Crippen molar-refractivity contribution in [2.24, 2.45) is 0 Å². The Hall–Kier alpha value is -3.97. The first-order valence-corrected chi connectivity index (χ1v) is 10.9. The molecule has 1 heterocycles. The van der Waals surface area contributed by atoms with Crippen molar-refractivity contribution in [1.82, 2.24) is 0 Å². The number of anilines is 2. The Bertz CT molecular complexity index is 1260. The lowest BCUT2D eigenvalue weighted by Gasteiger charge is -2.30. The van der Waals surface area contributed by atoms with Crippen LogP contribution in [0.3, 0.4) is 0 Å². The van der Waals surface area contributed by atoms with Crippen LogP contribution in [0.5, 0.6) is 17.2 Å². The highest BCUT2D eigenvalue weighted by atomic mass is 35.5. The first kappa shape index (κ1) is 23.2. The van der Waals surface area contributed by atoms with E-state index in [-0.39, 0.29) is 18.4 Å². The quantitative estimate of drug-likeness (QED) is 0.487. The van der Waals surface area contributed by atoms with Gasteiger partial charge in [-0.15, -0.1) is 0 Å². The Kier molecular flexibility index (Phi) is 7.04. The highest BCUT2D eigenvalue weighted by Gasteiger charge is 2.26. The van der Waals surface area contributed by atoms with Crippen molar-refractivity contribution >= 4 is 40.9 Å². The van der Waals surface area contributed by atoms with Crippen LogP contribution < -0.4 is 24.4 Å². The number of rotatable bonds is 7. The van der Waals surface area contributed by atoms with E-state index in [9.17, 15) is 9.59 Å². The Morgan fingerprint density at radius 3 is 2.68 bits per heavy atom. The third-order valence-electron chi connectivity index (χ3n) is 5.23. The summed E-state index contributed by atoms with van der Waals surface area (Å²) in [7, 11) is 3.12. The molecule has 8 heteroatoms. The molecule has 0 aromatic heterocycles. The second kappa shape index (κ2) is 10.3. The van der Waals surface area contributed by atoms with Gasteiger partial charge in [0, 0.05) is 16.8 Å². The summed E-state index contributed by atoms with van der Waals surface area (Å²) in [4.78, 5) is 26.7. The Morgan fingerprint density at radius 2 is 1.91 bits per heavy atom. The second-order valence-corrected chi connectivity index (χ2v) is 7.95. The van der Waals surface area contributed by atoms with Gasteiger partial charge in [0.05, 0.1) is 26.5 Å². The fraction of sp³-hybridized carbons (Fsp3) is 0.154. The number of nitrogens with one attached hydrogen (secondary N) is 1. The lowest BCUT2D eigenvalue weighted by molar-refractivity contribution is -0.121. The SMILES string of the molecule is COc1ccc(/C=C/C(=O)Nc2ccc3c(c2)N(Cc2cccc(Cl)c2)C(=O)CO3)cc1OC. The van der Waals surface area contributed by atoms with Gasteiger partial charge >= 0.3 is 0 Å². The summed E-state index contributed by atoms with van der Waals surface area (Å²) in [6.07, 6.45) is 3.10. The molecular weight excluding hydrogens is 456 g/mol. The Balaban J connectivity index is 1.50. The van der Waals surface area contributed by atoms with E-state index in [2.05, 4.69) is 5.32 Å². The van der Waals surface area contributed by atoms with E-state index in [1.54, 1.807) is 61.6 Å². The smallest absolute Gasteiger partial charge is 0.265 e. The predicted molar refractivity (Wildman–Crippen MR) is 132 cm³/mol. The van der Waals surface area contributed by atoms with Crippen LogP contribution >= 0.6 is 11.6 Å². The lowest BCUT2D eigenvalue weighted by Crippen LogP contribution is -2.38. The number of methoxy groups -OCH3 is 2. The molecule has 0 atom stereocenters.